The predicted molar refractivity (Wildman–Crippen MR) is 126 cm³/mol. The molecule has 1 amide bonds. The number of halogens is 1. The van der Waals surface area contributed by atoms with E-state index in [1.807, 2.05) is 6.92 Å². The highest BCUT2D eigenvalue weighted by atomic mass is 19.1. The summed E-state index contributed by atoms with van der Waals surface area (Å²) >= 11 is 0. The van der Waals surface area contributed by atoms with Gasteiger partial charge in [0, 0.05) is 50.4 Å². The Balaban J connectivity index is 1.67. The zero-order valence-corrected chi connectivity index (χ0v) is 19.1. The third-order valence-corrected chi connectivity index (χ3v) is 6.12. The average molecular weight is 455 g/mol. The molecular weight excluding hydrogens is 423 g/mol. The fourth-order valence-corrected chi connectivity index (χ4v) is 4.21. The number of nitrogens with two attached hydrogens (primary N) is 1. The normalized spacial score (nSPS) is 19.2. The number of likely N-dealkylation sites (N-methyl/N-ethyl adjacent to an activating group) is 1. The quantitative estimate of drug-likeness (QED) is 0.525. The highest BCUT2D eigenvalue weighted by Crippen LogP contribution is 2.38. The van der Waals surface area contributed by atoms with Gasteiger partial charge >= 0.3 is 0 Å². The number of benzene rings is 1. The number of amides is 1. The van der Waals surface area contributed by atoms with Gasteiger partial charge in [0.15, 0.2) is 6.23 Å². The van der Waals surface area contributed by atoms with E-state index in [0.717, 1.165) is 38.3 Å². The van der Waals surface area contributed by atoms with Crippen LogP contribution in [0.4, 0.5) is 10.1 Å². The van der Waals surface area contributed by atoms with Crippen LogP contribution in [0.2, 0.25) is 0 Å². The fourth-order valence-electron chi connectivity index (χ4n) is 4.21. The SMILES string of the molecule is CCCNC(=O)C1=C(N)c2cccc(-c3nc(CN4CCN(C)CC4)ccc3F)c2NC1O. The number of aliphatic hydroxyl groups excluding tert-OH is 1. The lowest BCUT2D eigenvalue weighted by atomic mass is 9.94. The Kier molecular flexibility index (Phi) is 6.92. The molecule has 33 heavy (non-hydrogen) atoms. The predicted octanol–water partition coefficient (Wildman–Crippen LogP) is 1.57. The van der Waals surface area contributed by atoms with Crippen LogP contribution in [-0.2, 0) is 11.3 Å². The van der Waals surface area contributed by atoms with E-state index in [0.29, 0.717) is 29.9 Å². The van der Waals surface area contributed by atoms with Gasteiger partial charge in [0.05, 0.1) is 22.7 Å². The molecule has 0 radical (unpaired) electrons. The molecule has 2 aliphatic rings. The second-order valence-corrected chi connectivity index (χ2v) is 8.57. The standard InChI is InChI=1S/C24H31FN6O2/c1-3-9-27-23(32)19-20(26)16-5-4-6-17(21(16)29-24(19)33)22-18(25)8-7-15(28-22)14-31-12-10-30(2)11-13-31/h4-8,24,29,33H,3,9-14,26H2,1-2H3,(H,27,32). The van der Waals surface area contributed by atoms with Crippen molar-refractivity contribution in [2.45, 2.75) is 26.1 Å². The number of aromatic nitrogens is 1. The number of aliphatic hydroxyl groups is 1. The molecule has 0 aliphatic carbocycles. The molecule has 8 nitrogen and oxygen atoms in total. The molecule has 3 heterocycles. The van der Waals surface area contributed by atoms with Crippen molar-refractivity contribution in [2.24, 2.45) is 5.73 Å². The van der Waals surface area contributed by atoms with Gasteiger partial charge in [0.25, 0.3) is 5.91 Å². The number of hydrogen-bond acceptors (Lipinski definition) is 7. The second kappa shape index (κ2) is 9.86. The van der Waals surface area contributed by atoms with E-state index in [9.17, 15) is 14.3 Å². The second-order valence-electron chi connectivity index (χ2n) is 8.57. The largest absolute Gasteiger partial charge is 0.398 e. The first kappa shape index (κ1) is 23.2. The Bertz CT molecular complexity index is 1060. The van der Waals surface area contributed by atoms with E-state index in [1.54, 1.807) is 24.3 Å². The van der Waals surface area contributed by atoms with Crippen molar-refractivity contribution in [3.05, 3.63) is 53.0 Å². The summed E-state index contributed by atoms with van der Waals surface area (Å²) in [7, 11) is 2.10. The van der Waals surface area contributed by atoms with E-state index in [-0.39, 0.29) is 17.0 Å². The van der Waals surface area contributed by atoms with Crippen molar-refractivity contribution >= 4 is 17.3 Å². The van der Waals surface area contributed by atoms with Crippen molar-refractivity contribution < 1.29 is 14.3 Å². The van der Waals surface area contributed by atoms with Gasteiger partial charge in [-0.3, -0.25) is 9.69 Å². The maximum Gasteiger partial charge on any atom is 0.253 e. The summed E-state index contributed by atoms with van der Waals surface area (Å²) in [5.74, 6) is -0.889. The van der Waals surface area contributed by atoms with Gasteiger partial charge in [-0.2, -0.15) is 0 Å². The van der Waals surface area contributed by atoms with Crippen LogP contribution in [0.3, 0.4) is 0 Å². The Hall–Kier alpha value is -3.01. The lowest BCUT2D eigenvalue weighted by molar-refractivity contribution is -0.118. The van der Waals surface area contributed by atoms with E-state index in [2.05, 4.69) is 32.5 Å². The first-order valence-electron chi connectivity index (χ1n) is 11.3. The molecule has 9 heteroatoms. The molecule has 1 saturated heterocycles. The molecule has 1 unspecified atom stereocenters. The Morgan fingerprint density at radius 3 is 2.70 bits per heavy atom. The Morgan fingerprint density at radius 2 is 1.97 bits per heavy atom. The molecular formula is C24H31FN6O2. The minimum atomic E-state index is -1.31. The third kappa shape index (κ3) is 4.85. The molecule has 2 aliphatic heterocycles. The number of anilines is 1. The van der Waals surface area contributed by atoms with Crippen LogP contribution in [0.25, 0.3) is 17.0 Å². The maximum atomic E-state index is 14.9. The maximum absolute atomic E-state index is 14.9. The lowest BCUT2D eigenvalue weighted by Gasteiger charge is -2.32. The monoisotopic (exact) mass is 454 g/mol. The van der Waals surface area contributed by atoms with E-state index < -0.39 is 18.0 Å². The summed E-state index contributed by atoms with van der Waals surface area (Å²) in [6.45, 7) is 6.89. The third-order valence-electron chi connectivity index (χ3n) is 6.12. The van der Waals surface area contributed by atoms with Crippen LogP contribution in [0.15, 0.2) is 35.9 Å². The number of carbonyl (C=O) groups excluding carboxylic acids is 1. The number of rotatable bonds is 6. The lowest BCUT2D eigenvalue weighted by Crippen LogP contribution is -2.44. The number of piperazine rings is 1. The molecule has 176 valence electrons. The zero-order valence-electron chi connectivity index (χ0n) is 19.1. The summed E-state index contributed by atoms with van der Waals surface area (Å²) < 4.78 is 14.9. The molecule has 4 rings (SSSR count). The van der Waals surface area contributed by atoms with Gasteiger partial charge < -0.3 is 26.4 Å². The number of carbonyl (C=O) groups is 1. The summed E-state index contributed by atoms with van der Waals surface area (Å²) in [6, 6.07) is 8.36. The van der Waals surface area contributed by atoms with Gasteiger partial charge in [-0.25, -0.2) is 9.37 Å². The van der Waals surface area contributed by atoms with Crippen LogP contribution < -0.4 is 16.4 Å². The van der Waals surface area contributed by atoms with Crippen LogP contribution in [0.5, 0.6) is 0 Å². The fraction of sp³-hybridized carbons (Fsp3) is 0.417. The number of fused-ring (bicyclic) bond motifs is 1. The van der Waals surface area contributed by atoms with Crippen molar-refractivity contribution in [2.75, 3.05) is 45.1 Å². The average Bonchev–Trinajstić information content (AvgIpc) is 2.80. The molecule has 0 spiro atoms. The van der Waals surface area contributed by atoms with Crippen molar-refractivity contribution in [1.82, 2.24) is 20.1 Å². The van der Waals surface area contributed by atoms with Crippen LogP contribution >= 0.6 is 0 Å². The molecule has 0 bridgehead atoms. The molecule has 1 atom stereocenters. The first-order valence-corrected chi connectivity index (χ1v) is 11.3. The number of nitrogens with zero attached hydrogens (tertiary/aromatic N) is 3. The van der Waals surface area contributed by atoms with E-state index >= 15 is 0 Å². The Morgan fingerprint density at radius 1 is 1.24 bits per heavy atom. The van der Waals surface area contributed by atoms with Gasteiger partial charge in [-0.15, -0.1) is 0 Å². The minimum absolute atomic E-state index is 0.0605. The van der Waals surface area contributed by atoms with Crippen molar-refractivity contribution in [3.8, 4) is 11.3 Å². The van der Waals surface area contributed by atoms with Gasteiger partial charge in [0.2, 0.25) is 0 Å². The number of pyridine rings is 1. The summed E-state index contributed by atoms with van der Waals surface area (Å²) in [5, 5.41) is 16.3. The van der Waals surface area contributed by atoms with E-state index in [4.69, 9.17) is 5.73 Å². The van der Waals surface area contributed by atoms with Crippen molar-refractivity contribution in [3.63, 3.8) is 0 Å². The highest BCUT2D eigenvalue weighted by Gasteiger charge is 2.31. The van der Waals surface area contributed by atoms with Gasteiger partial charge in [0.1, 0.15) is 11.5 Å². The van der Waals surface area contributed by atoms with E-state index in [1.165, 1.54) is 6.07 Å². The van der Waals surface area contributed by atoms with Crippen LogP contribution in [0.1, 0.15) is 24.6 Å². The van der Waals surface area contributed by atoms with Crippen LogP contribution in [-0.4, -0.2) is 71.8 Å². The summed E-state index contributed by atoms with van der Waals surface area (Å²) in [4.78, 5) is 21.7. The van der Waals surface area contributed by atoms with Crippen molar-refractivity contribution in [1.29, 1.82) is 0 Å². The minimum Gasteiger partial charge on any atom is -0.398 e. The smallest absolute Gasteiger partial charge is 0.253 e. The molecule has 5 N–H and O–H groups in total. The van der Waals surface area contributed by atoms with Gasteiger partial charge in [-0.05, 0) is 25.6 Å². The Labute approximate surface area is 193 Å². The summed E-state index contributed by atoms with van der Waals surface area (Å²) in [6.07, 6.45) is -0.550. The zero-order chi connectivity index (χ0) is 23.5. The molecule has 1 aromatic carbocycles. The summed E-state index contributed by atoms with van der Waals surface area (Å²) in [5.41, 5.74) is 8.96. The topological polar surface area (TPSA) is 107 Å². The molecule has 0 saturated carbocycles. The number of nitrogens with one attached hydrogen (secondary N) is 2. The molecule has 2 aromatic rings. The first-order chi connectivity index (χ1) is 15.9. The molecule has 1 aromatic heterocycles. The number of hydrogen-bond donors (Lipinski definition) is 4. The van der Waals surface area contributed by atoms with Crippen LogP contribution in [0, 0.1) is 5.82 Å². The van der Waals surface area contributed by atoms with Gasteiger partial charge in [-0.1, -0.05) is 25.1 Å². The number of para-hydroxylation sites is 1. The molecule has 1 fully saturated rings. The highest BCUT2D eigenvalue weighted by molar-refractivity contribution is 6.05.